The smallest absolute Gasteiger partial charge is 0.432 e. The monoisotopic (exact) mass is 314 g/mol. The molecule has 0 fully saturated rings. The van der Waals surface area contributed by atoms with Crippen molar-refractivity contribution in [3.05, 3.63) is 0 Å². The van der Waals surface area contributed by atoms with Gasteiger partial charge in [-0.15, -0.1) is 0 Å². The van der Waals surface area contributed by atoms with Crippen molar-refractivity contribution in [1.29, 1.82) is 0 Å². The van der Waals surface area contributed by atoms with Crippen LogP contribution in [0.2, 0.25) is 0 Å². The first-order chi connectivity index (χ1) is 8.79. The van der Waals surface area contributed by atoms with Crippen molar-refractivity contribution in [2.24, 2.45) is 5.92 Å². The van der Waals surface area contributed by atoms with Gasteiger partial charge in [-0.2, -0.15) is 26.3 Å². The van der Waals surface area contributed by atoms with Crippen molar-refractivity contribution >= 4 is 12.0 Å². The molecule has 0 spiro atoms. The van der Waals surface area contributed by atoms with E-state index in [0.29, 0.717) is 0 Å². The van der Waals surface area contributed by atoms with Gasteiger partial charge in [-0.1, -0.05) is 0 Å². The van der Waals surface area contributed by atoms with Crippen LogP contribution < -0.4 is 10.6 Å². The fraction of sp³-hybridized carbons (Fsp3) is 0.750. The largest absolute Gasteiger partial charge is 0.481 e. The third-order valence-electron chi connectivity index (χ3n) is 2.30. The van der Waals surface area contributed by atoms with Gasteiger partial charge in [-0.05, 0) is 0 Å². The summed E-state index contributed by atoms with van der Waals surface area (Å²) in [5, 5.41) is 11.6. The third kappa shape index (κ3) is 3.42. The van der Waals surface area contributed by atoms with Gasteiger partial charge in [0.2, 0.25) is 0 Å². The first-order valence-corrected chi connectivity index (χ1v) is 4.79. The number of carboxylic acids is 1. The van der Waals surface area contributed by atoms with E-state index in [1.54, 1.807) is 5.32 Å². The fourth-order valence-electron chi connectivity index (χ4n) is 1.24. The Morgan fingerprint density at radius 1 is 1.05 bits per heavy atom. The zero-order valence-corrected chi connectivity index (χ0v) is 9.69. The van der Waals surface area contributed by atoms with E-state index in [2.05, 4.69) is 0 Å². The zero-order valence-electron chi connectivity index (χ0n) is 9.69. The lowest BCUT2D eigenvalue weighted by Gasteiger charge is -2.34. The van der Waals surface area contributed by atoms with E-state index >= 15 is 0 Å². The van der Waals surface area contributed by atoms with Crippen molar-refractivity contribution in [3.8, 4) is 0 Å². The normalized spacial score (nSPS) is 14.6. The van der Waals surface area contributed by atoms with Crippen molar-refractivity contribution in [1.82, 2.24) is 10.6 Å². The molecule has 0 saturated heterocycles. The van der Waals surface area contributed by atoms with Crippen LogP contribution in [0.3, 0.4) is 0 Å². The van der Waals surface area contributed by atoms with Crippen LogP contribution in [-0.2, 0) is 4.79 Å². The SMILES string of the molecule is CNC(=O)NCC(C(=O)O)C(F)(C(F)(F)F)C(F)(F)F. The molecule has 1 unspecified atom stereocenters. The molecule has 1 atom stereocenters. The van der Waals surface area contributed by atoms with E-state index in [9.17, 15) is 40.3 Å². The molecule has 5 nitrogen and oxygen atoms in total. The van der Waals surface area contributed by atoms with Gasteiger partial charge in [0.1, 0.15) is 5.92 Å². The van der Waals surface area contributed by atoms with Crippen molar-refractivity contribution in [3.63, 3.8) is 0 Å². The summed E-state index contributed by atoms with van der Waals surface area (Å²) in [4.78, 5) is 21.2. The Bertz CT molecular complexity index is 365. The minimum Gasteiger partial charge on any atom is -0.481 e. The van der Waals surface area contributed by atoms with Gasteiger partial charge in [0, 0.05) is 13.6 Å². The average molecular weight is 314 g/mol. The predicted molar refractivity (Wildman–Crippen MR) is 49.5 cm³/mol. The van der Waals surface area contributed by atoms with Crippen molar-refractivity contribution in [2.45, 2.75) is 18.0 Å². The van der Waals surface area contributed by atoms with E-state index in [4.69, 9.17) is 5.11 Å². The summed E-state index contributed by atoms with van der Waals surface area (Å²) in [6.45, 7) is -1.70. The Hall–Kier alpha value is -1.75. The van der Waals surface area contributed by atoms with Crippen LogP contribution in [0.5, 0.6) is 0 Å². The molecule has 0 radical (unpaired) electrons. The summed E-state index contributed by atoms with van der Waals surface area (Å²) in [5.41, 5.74) is -5.99. The molecule has 0 aromatic carbocycles. The molecule has 3 N–H and O–H groups in total. The molecule has 2 amide bonds. The van der Waals surface area contributed by atoms with Gasteiger partial charge in [0.15, 0.2) is 0 Å². The fourth-order valence-corrected chi connectivity index (χ4v) is 1.24. The van der Waals surface area contributed by atoms with Gasteiger partial charge in [-0.3, -0.25) is 4.79 Å². The molecule has 0 aromatic heterocycles. The van der Waals surface area contributed by atoms with Gasteiger partial charge in [-0.25, -0.2) is 9.18 Å². The minimum atomic E-state index is -6.52. The molecule has 0 aromatic rings. The molecule has 0 aliphatic heterocycles. The highest BCUT2D eigenvalue weighted by Gasteiger charge is 2.77. The first kappa shape index (κ1) is 18.2. The molecule has 20 heavy (non-hydrogen) atoms. The first-order valence-electron chi connectivity index (χ1n) is 4.79. The summed E-state index contributed by atoms with van der Waals surface area (Å²) in [5.74, 6) is -6.28. The van der Waals surface area contributed by atoms with Gasteiger partial charge in [0.05, 0.1) is 0 Å². The van der Waals surface area contributed by atoms with E-state index in [1.165, 1.54) is 5.32 Å². The molecular formula is C8H9F7N2O3. The highest BCUT2D eigenvalue weighted by Crippen LogP contribution is 2.50. The van der Waals surface area contributed by atoms with Gasteiger partial charge < -0.3 is 15.7 Å². The number of urea groups is 1. The average Bonchev–Trinajstić information content (AvgIpc) is 2.24. The maximum absolute atomic E-state index is 13.5. The topological polar surface area (TPSA) is 78.4 Å². The summed E-state index contributed by atoms with van der Waals surface area (Å²) in [6, 6.07) is -1.26. The second-order valence-corrected chi connectivity index (χ2v) is 3.56. The number of nitrogens with one attached hydrogen (secondary N) is 2. The number of rotatable bonds is 4. The van der Waals surface area contributed by atoms with Crippen molar-refractivity contribution < 1.29 is 45.4 Å². The van der Waals surface area contributed by atoms with E-state index in [-0.39, 0.29) is 0 Å². The number of carboxylic acid groups (broad SMARTS) is 1. The summed E-state index contributed by atoms with van der Waals surface area (Å²) >= 11 is 0. The Morgan fingerprint density at radius 2 is 1.45 bits per heavy atom. The Kier molecular flexibility index (Phi) is 5.21. The number of hydrogen-bond acceptors (Lipinski definition) is 2. The van der Waals surface area contributed by atoms with Gasteiger partial charge >= 0.3 is 30.0 Å². The Morgan fingerprint density at radius 3 is 1.70 bits per heavy atom. The second-order valence-electron chi connectivity index (χ2n) is 3.56. The quantitative estimate of drug-likeness (QED) is 0.687. The number of aliphatic carboxylic acids is 1. The number of hydrogen-bond donors (Lipinski definition) is 3. The number of carbonyl (C=O) groups excluding carboxylic acids is 1. The van der Waals surface area contributed by atoms with Crippen LogP contribution in [0.25, 0.3) is 0 Å². The van der Waals surface area contributed by atoms with Crippen LogP contribution in [0.15, 0.2) is 0 Å². The number of halogens is 7. The summed E-state index contributed by atoms with van der Waals surface area (Å²) < 4.78 is 87.5. The molecule has 118 valence electrons. The molecular weight excluding hydrogens is 305 g/mol. The molecule has 0 saturated carbocycles. The molecule has 0 aliphatic rings. The third-order valence-corrected chi connectivity index (χ3v) is 2.30. The second kappa shape index (κ2) is 5.71. The standard InChI is InChI=1S/C8H9F7N2O3/c1-16-5(20)17-2-3(4(18)19)6(9,7(10,11)12)8(13,14)15/h3H,2H2,1H3,(H,18,19)(H2,16,17,20). The maximum Gasteiger partial charge on any atom is 0.432 e. The predicted octanol–water partition coefficient (Wildman–Crippen LogP) is 1.45. The molecule has 0 heterocycles. The lowest BCUT2D eigenvalue weighted by molar-refractivity contribution is -0.354. The number of carbonyl (C=O) groups is 2. The van der Waals surface area contributed by atoms with E-state index in [0.717, 1.165) is 7.05 Å². The highest BCUT2D eigenvalue weighted by atomic mass is 19.4. The molecule has 12 heteroatoms. The van der Waals surface area contributed by atoms with Crippen LogP contribution in [-0.4, -0.2) is 48.7 Å². The Labute approximate surface area is 107 Å². The highest BCUT2D eigenvalue weighted by molar-refractivity contribution is 5.76. The van der Waals surface area contributed by atoms with E-state index in [1.807, 2.05) is 0 Å². The van der Waals surface area contributed by atoms with Crippen LogP contribution in [0, 0.1) is 5.92 Å². The molecule has 0 bridgehead atoms. The Balaban J connectivity index is 5.59. The zero-order chi connectivity index (χ0) is 16.4. The molecule has 0 aliphatic carbocycles. The van der Waals surface area contributed by atoms with Gasteiger partial charge in [0.25, 0.3) is 0 Å². The van der Waals surface area contributed by atoms with Crippen LogP contribution in [0.4, 0.5) is 35.5 Å². The van der Waals surface area contributed by atoms with Crippen LogP contribution >= 0.6 is 0 Å². The summed E-state index contributed by atoms with van der Waals surface area (Å²) in [6.07, 6.45) is -13.0. The van der Waals surface area contributed by atoms with Crippen molar-refractivity contribution in [2.75, 3.05) is 13.6 Å². The minimum absolute atomic E-state index is 0.974. The lowest BCUT2D eigenvalue weighted by atomic mass is 9.87. The van der Waals surface area contributed by atoms with Crippen LogP contribution in [0.1, 0.15) is 0 Å². The maximum atomic E-state index is 13.5. The molecule has 0 rings (SSSR count). The van der Waals surface area contributed by atoms with E-state index < -0.39 is 42.5 Å². The number of alkyl halides is 7. The lowest BCUT2D eigenvalue weighted by Crippen LogP contribution is -2.62. The summed E-state index contributed by atoms with van der Waals surface area (Å²) in [7, 11) is 0.974. The number of amides is 2.